The zero-order valence-corrected chi connectivity index (χ0v) is 18.1. The lowest BCUT2D eigenvalue weighted by molar-refractivity contribution is -0.122. The van der Waals surface area contributed by atoms with Gasteiger partial charge in [0, 0.05) is 25.0 Å². The third kappa shape index (κ3) is 4.85. The molecule has 0 fully saturated rings. The van der Waals surface area contributed by atoms with Crippen LogP contribution >= 0.6 is 11.3 Å². The van der Waals surface area contributed by atoms with Crippen molar-refractivity contribution in [3.8, 4) is 0 Å². The normalized spacial score (nSPS) is 15.4. The first kappa shape index (κ1) is 21.5. The molecule has 0 bridgehead atoms. The van der Waals surface area contributed by atoms with Gasteiger partial charge in [-0.2, -0.15) is 4.31 Å². The van der Waals surface area contributed by atoms with E-state index in [9.17, 15) is 18.0 Å². The SMILES string of the molecule is CCCNC(=O)[C@H](C)NC(=O)c1csc(S(=O)(=O)N2CCc3ccccc3C2)c1. The summed E-state index contributed by atoms with van der Waals surface area (Å²) in [6.45, 7) is 4.81. The number of fused-ring (bicyclic) bond motifs is 1. The molecule has 1 aromatic heterocycles. The molecule has 0 saturated heterocycles. The van der Waals surface area contributed by atoms with Gasteiger partial charge in [0.05, 0.1) is 5.56 Å². The van der Waals surface area contributed by atoms with Crippen LogP contribution in [0.1, 0.15) is 41.8 Å². The number of carbonyl (C=O) groups is 2. The van der Waals surface area contributed by atoms with Gasteiger partial charge in [-0.1, -0.05) is 31.2 Å². The van der Waals surface area contributed by atoms with E-state index in [2.05, 4.69) is 10.6 Å². The first-order valence-electron chi connectivity index (χ1n) is 9.57. The second kappa shape index (κ2) is 9.06. The predicted octanol–water partition coefficient (Wildman–Crippen LogP) is 2.14. The van der Waals surface area contributed by atoms with E-state index in [0.717, 1.165) is 23.3 Å². The number of amides is 2. The molecular weight excluding hydrogens is 410 g/mol. The van der Waals surface area contributed by atoms with Crippen LogP contribution in [0.5, 0.6) is 0 Å². The molecule has 1 atom stereocenters. The largest absolute Gasteiger partial charge is 0.354 e. The van der Waals surface area contributed by atoms with E-state index in [-0.39, 0.29) is 15.7 Å². The van der Waals surface area contributed by atoms with Crippen molar-refractivity contribution in [2.24, 2.45) is 0 Å². The number of carbonyl (C=O) groups excluding carboxylic acids is 2. The van der Waals surface area contributed by atoms with E-state index >= 15 is 0 Å². The highest BCUT2D eigenvalue weighted by Gasteiger charge is 2.30. The van der Waals surface area contributed by atoms with Gasteiger partial charge in [0.25, 0.3) is 15.9 Å². The van der Waals surface area contributed by atoms with Gasteiger partial charge in [-0.15, -0.1) is 11.3 Å². The van der Waals surface area contributed by atoms with Gasteiger partial charge >= 0.3 is 0 Å². The third-order valence-electron chi connectivity index (χ3n) is 4.82. The monoisotopic (exact) mass is 435 g/mol. The average Bonchev–Trinajstić information content (AvgIpc) is 3.22. The van der Waals surface area contributed by atoms with Crippen LogP contribution in [0.3, 0.4) is 0 Å². The van der Waals surface area contributed by atoms with Crippen LogP contribution in [0, 0.1) is 0 Å². The number of rotatable bonds is 7. The Hall–Kier alpha value is -2.23. The number of nitrogens with one attached hydrogen (secondary N) is 2. The zero-order chi connectivity index (χ0) is 21.0. The summed E-state index contributed by atoms with van der Waals surface area (Å²) >= 11 is 1.02. The van der Waals surface area contributed by atoms with E-state index < -0.39 is 22.0 Å². The van der Waals surface area contributed by atoms with Crippen molar-refractivity contribution in [3.05, 3.63) is 52.4 Å². The molecule has 9 heteroatoms. The molecule has 1 aliphatic rings. The minimum absolute atomic E-state index is 0.130. The van der Waals surface area contributed by atoms with E-state index in [1.54, 1.807) is 6.92 Å². The standard InChI is InChI=1S/C20H25N3O4S2/c1-3-9-21-19(24)14(2)22-20(25)17-11-18(28-13-17)29(26,27)23-10-8-15-6-4-5-7-16(15)12-23/h4-7,11,13-14H,3,8-10,12H2,1-2H3,(H,21,24)(H,22,25)/t14-/m0/s1. The Labute approximate surface area is 175 Å². The van der Waals surface area contributed by atoms with Gasteiger partial charge < -0.3 is 10.6 Å². The molecule has 0 aliphatic carbocycles. The Morgan fingerprint density at radius 3 is 2.69 bits per heavy atom. The van der Waals surface area contributed by atoms with Crippen molar-refractivity contribution in [1.29, 1.82) is 0 Å². The molecule has 2 N–H and O–H groups in total. The van der Waals surface area contributed by atoms with Crippen LogP contribution < -0.4 is 10.6 Å². The molecule has 2 aromatic rings. The van der Waals surface area contributed by atoms with Gasteiger partial charge in [0.1, 0.15) is 10.3 Å². The van der Waals surface area contributed by atoms with E-state index in [1.165, 1.54) is 21.3 Å². The maximum atomic E-state index is 13.0. The highest BCUT2D eigenvalue weighted by atomic mass is 32.2. The summed E-state index contributed by atoms with van der Waals surface area (Å²) < 4.78 is 27.6. The topological polar surface area (TPSA) is 95.6 Å². The van der Waals surface area contributed by atoms with Crippen LogP contribution in [0.25, 0.3) is 0 Å². The molecule has 0 unspecified atom stereocenters. The highest BCUT2D eigenvalue weighted by Crippen LogP contribution is 2.28. The molecule has 7 nitrogen and oxygen atoms in total. The molecule has 2 amide bonds. The summed E-state index contributed by atoms with van der Waals surface area (Å²) in [5.41, 5.74) is 2.41. The summed E-state index contributed by atoms with van der Waals surface area (Å²) in [7, 11) is -3.68. The van der Waals surface area contributed by atoms with Crippen molar-refractivity contribution >= 4 is 33.2 Å². The summed E-state index contributed by atoms with van der Waals surface area (Å²) in [5, 5.41) is 6.84. The molecule has 3 rings (SSSR count). The first-order valence-corrected chi connectivity index (χ1v) is 11.9. The molecule has 1 aliphatic heterocycles. The summed E-state index contributed by atoms with van der Waals surface area (Å²) in [5.74, 6) is -0.735. The lowest BCUT2D eigenvalue weighted by Gasteiger charge is -2.27. The zero-order valence-electron chi connectivity index (χ0n) is 16.5. The number of benzene rings is 1. The molecule has 0 spiro atoms. The second-order valence-electron chi connectivity index (χ2n) is 7.00. The summed E-state index contributed by atoms with van der Waals surface area (Å²) in [4.78, 5) is 24.3. The Kier molecular flexibility index (Phi) is 6.71. The van der Waals surface area contributed by atoms with Crippen molar-refractivity contribution in [3.63, 3.8) is 0 Å². The van der Waals surface area contributed by atoms with Crippen molar-refractivity contribution in [1.82, 2.24) is 14.9 Å². The van der Waals surface area contributed by atoms with Crippen molar-refractivity contribution < 1.29 is 18.0 Å². The predicted molar refractivity (Wildman–Crippen MR) is 112 cm³/mol. The third-order valence-corrected chi connectivity index (χ3v) is 8.08. The van der Waals surface area contributed by atoms with Crippen LogP contribution in [0.15, 0.2) is 39.9 Å². The van der Waals surface area contributed by atoms with Gasteiger partial charge in [-0.3, -0.25) is 9.59 Å². The van der Waals surface area contributed by atoms with Crippen molar-refractivity contribution in [2.75, 3.05) is 13.1 Å². The van der Waals surface area contributed by atoms with Gasteiger partial charge in [-0.05, 0) is 37.0 Å². The van der Waals surface area contributed by atoms with Gasteiger partial charge in [0.15, 0.2) is 0 Å². The maximum Gasteiger partial charge on any atom is 0.252 e. The van der Waals surface area contributed by atoms with E-state index in [0.29, 0.717) is 26.1 Å². The fraction of sp³-hybridized carbons (Fsp3) is 0.400. The van der Waals surface area contributed by atoms with Crippen LogP contribution in [0.2, 0.25) is 0 Å². The van der Waals surface area contributed by atoms with Crippen LogP contribution in [-0.2, 0) is 27.8 Å². The number of nitrogens with zero attached hydrogens (tertiary/aromatic N) is 1. The Morgan fingerprint density at radius 2 is 1.97 bits per heavy atom. The molecular formula is C20H25N3O4S2. The van der Waals surface area contributed by atoms with Crippen LogP contribution in [-0.4, -0.2) is 43.7 Å². The maximum absolute atomic E-state index is 13.0. The van der Waals surface area contributed by atoms with Gasteiger partial charge in [-0.25, -0.2) is 8.42 Å². The fourth-order valence-electron chi connectivity index (χ4n) is 3.12. The molecule has 156 valence electrons. The molecule has 0 radical (unpaired) electrons. The molecule has 29 heavy (non-hydrogen) atoms. The highest BCUT2D eigenvalue weighted by molar-refractivity contribution is 7.91. The summed E-state index contributed by atoms with van der Waals surface area (Å²) in [6.07, 6.45) is 1.47. The van der Waals surface area contributed by atoms with E-state index in [4.69, 9.17) is 0 Å². The lowest BCUT2D eigenvalue weighted by Crippen LogP contribution is -2.44. The lowest BCUT2D eigenvalue weighted by atomic mass is 10.0. The van der Waals surface area contributed by atoms with E-state index in [1.807, 2.05) is 31.2 Å². The Bertz CT molecular complexity index is 1000. The summed E-state index contributed by atoms with van der Waals surface area (Å²) in [6, 6.07) is 8.50. The molecule has 1 aromatic carbocycles. The quantitative estimate of drug-likeness (QED) is 0.697. The minimum atomic E-state index is -3.68. The first-order chi connectivity index (χ1) is 13.8. The van der Waals surface area contributed by atoms with Crippen LogP contribution in [0.4, 0.5) is 0 Å². The molecule has 0 saturated carbocycles. The van der Waals surface area contributed by atoms with Crippen molar-refractivity contribution in [2.45, 2.75) is 43.5 Å². The minimum Gasteiger partial charge on any atom is -0.354 e. The second-order valence-corrected chi connectivity index (χ2v) is 10.1. The van der Waals surface area contributed by atoms with Gasteiger partial charge in [0.2, 0.25) is 5.91 Å². The molecule has 2 heterocycles. The number of sulfonamides is 1. The fourth-order valence-corrected chi connectivity index (χ4v) is 5.85. The Balaban J connectivity index is 1.69. The number of hydrogen-bond acceptors (Lipinski definition) is 5. The number of thiophene rings is 1. The average molecular weight is 436 g/mol. The number of hydrogen-bond donors (Lipinski definition) is 2. The smallest absolute Gasteiger partial charge is 0.252 e. The Morgan fingerprint density at radius 1 is 1.24 bits per heavy atom.